The van der Waals surface area contributed by atoms with E-state index in [4.69, 9.17) is 10.8 Å². The molecule has 0 aromatic heterocycles. The molecule has 0 aromatic rings. The van der Waals surface area contributed by atoms with Crippen molar-refractivity contribution in [2.24, 2.45) is 11.7 Å². The molecule has 6 nitrogen and oxygen atoms in total. The lowest BCUT2D eigenvalue weighted by molar-refractivity contribution is -0.148. The zero-order valence-electron chi connectivity index (χ0n) is 10.3. The van der Waals surface area contributed by atoms with E-state index in [0.717, 1.165) is 6.42 Å². The summed E-state index contributed by atoms with van der Waals surface area (Å²) in [5, 5.41) is 8.96. The smallest absolute Gasteiger partial charge is 0.326 e. The summed E-state index contributed by atoms with van der Waals surface area (Å²) in [5.74, 6) is -0.814. The summed E-state index contributed by atoms with van der Waals surface area (Å²) in [6.07, 6.45) is 1.88. The maximum absolute atomic E-state index is 11.9. The number of rotatable bonds is 4. The highest BCUT2D eigenvalue weighted by molar-refractivity contribution is 5.87. The van der Waals surface area contributed by atoms with E-state index in [2.05, 4.69) is 0 Å². The summed E-state index contributed by atoms with van der Waals surface area (Å²) < 4.78 is 0. The minimum atomic E-state index is -0.928. The van der Waals surface area contributed by atoms with Crippen molar-refractivity contribution < 1.29 is 20.2 Å². The van der Waals surface area contributed by atoms with Gasteiger partial charge in [-0.15, -0.1) is 0 Å². The van der Waals surface area contributed by atoms with E-state index < -0.39 is 18.1 Å². The summed E-state index contributed by atoms with van der Waals surface area (Å²) in [6.45, 7) is 4.50. The van der Waals surface area contributed by atoms with E-state index in [1.165, 1.54) is 4.90 Å². The maximum atomic E-state index is 11.9. The Morgan fingerprint density at radius 3 is 2.53 bits per heavy atom. The molecule has 1 saturated heterocycles. The Kier molecular flexibility index (Phi) is 6.12. The van der Waals surface area contributed by atoms with Gasteiger partial charge in [0.15, 0.2) is 0 Å². The van der Waals surface area contributed by atoms with Crippen molar-refractivity contribution in [2.75, 3.05) is 6.54 Å². The summed E-state index contributed by atoms with van der Waals surface area (Å²) in [7, 11) is 0. The Balaban J connectivity index is 0.00000256. The van der Waals surface area contributed by atoms with Crippen LogP contribution in [0.25, 0.3) is 0 Å². The van der Waals surface area contributed by atoms with Gasteiger partial charge in [-0.05, 0) is 25.2 Å². The number of carbonyl (C=O) groups excluding carboxylic acids is 1. The molecule has 1 aliphatic heterocycles. The van der Waals surface area contributed by atoms with Gasteiger partial charge in [-0.25, -0.2) is 4.79 Å². The summed E-state index contributed by atoms with van der Waals surface area (Å²) in [4.78, 5) is 24.3. The number of aliphatic carboxylic acids is 1. The quantitative estimate of drug-likeness (QED) is 0.702. The normalized spacial score (nSPS) is 21.2. The van der Waals surface area contributed by atoms with Gasteiger partial charge in [-0.1, -0.05) is 13.8 Å². The molecule has 2 atom stereocenters. The van der Waals surface area contributed by atoms with Gasteiger partial charge in [0.2, 0.25) is 5.91 Å². The van der Waals surface area contributed by atoms with Crippen LogP contribution in [0.15, 0.2) is 0 Å². The molecule has 0 aliphatic carbocycles. The van der Waals surface area contributed by atoms with E-state index in [1.807, 2.05) is 13.8 Å². The number of nitrogens with zero attached hydrogens (tertiary/aromatic N) is 1. The van der Waals surface area contributed by atoms with E-state index >= 15 is 0 Å². The van der Waals surface area contributed by atoms with Crippen LogP contribution in [0.4, 0.5) is 0 Å². The third kappa shape index (κ3) is 3.98. The van der Waals surface area contributed by atoms with Crippen LogP contribution < -0.4 is 5.73 Å². The highest BCUT2D eigenvalue weighted by Gasteiger charge is 2.35. The zero-order chi connectivity index (χ0) is 12.3. The molecule has 1 rings (SSSR count). The maximum Gasteiger partial charge on any atom is 0.326 e. The van der Waals surface area contributed by atoms with Crippen LogP contribution in [0.5, 0.6) is 0 Å². The summed E-state index contributed by atoms with van der Waals surface area (Å²) >= 11 is 0. The fraction of sp³-hybridized carbons (Fsp3) is 0.818. The third-order valence-corrected chi connectivity index (χ3v) is 2.86. The van der Waals surface area contributed by atoms with Crippen LogP contribution in [0.3, 0.4) is 0 Å². The van der Waals surface area contributed by atoms with Gasteiger partial charge < -0.3 is 21.2 Å². The number of carboxylic acid groups (broad SMARTS) is 1. The minimum absolute atomic E-state index is 0. The molecule has 0 saturated carbocycles. The Bertz CT molecular complexity index is 281. The predicted molar refractivity (Wildman–Crippen MR) is 63.4 cm³/mol. The molecule has 0 radical (unpaired) electrons. The van der Waals surface area contributed by atoms with Crippen LogP contribution in [-0.4, -0.2) is 46.0 Å². The molecule has 6 heteroatoms. The van der Waals surface area contributed by atoms with Crippen LogP contribution in [-0.2, 0) is 9.59 Å². The molecule has 1 amide bonds. The number of hydrogen-bond donors (Lipinski definition) is 2. The minimum Gasteiger partial charge on any atom is -0.480 e. The molecule has 100 valence electrons. The van der Waals surface area contributed by atoms with Crippen molar-refractivity contribution in [3.63, 3.8) is 0 Å². The molecule has 1 heterocycles. The second-order valence-corrected chi connectivity index (χ2v) is 4.76. The van der Waals surface area contributed by atoms with Crippen molar-refractivity contribution in [2.45, 2.75) is 45.2 Å². The number of hydrogen-bond acceptors (Lipinski definition) is 3. The summed E-state index contributed by atoms with van der Waals surface area (Å²) in [6, 6.07) is -1.24. The van der Waals surface area contributed by atoms with Crippen molar-refractivity contribution in [1.29, 1.82) is 0 Å². The Morgan fingerprint density at radius 1 is 1.47 bits per heavy atom. The monoisotopic (exact) mass is 246 g/mol. The van der Waals surface area contributed by atoms with E-state index in [1.54, 1.807) is 0 Å². The van der Waals surface area contributed by atoms with Crippen LogP contribution in [0.2, 0.25) is 0 Å². The highest BCUT2D eigenvalue weighted by atomic mass is 16.4. The van der Waals surface area contributed by atoms with Crippen molar-refractivity contribution in [3.8, 4) is 0 Å². The largest absolute Gasteiger partial charge is 0.480 e. The standard InChI is InChI=1S/C11H20N2O3.H2O/c1-7(2)6-8(12)10(14)13-5-3-4-9(13)11(15)16;/h7-9H,3-6,12H2,1-2H3,(H,15,16);1H2/t8-,9-;/m0./s1. The third-order valence-electron chi connectivity index (χ3n) is 2.86. The molecule has 1 fully saturated rings. The molecule has 1 aliphatic rings. The Hall–Kier alpha value is -1.14. The molecular weight excluding hydrogens is 224 g/mol. The predicted octanol–water partition coefficient (Wildman–Crippen LogP) is -0.389. The molecule has 0 aromatic carbocycles. The van der Waals surface area contributed by atoms with E-state index in [9.17, 15) is 9.59 Å². The lowest BCUT2D eigenvalue weighted by Gasteiger charge is -2.25. The lowest BCUT2D eigenvalue weighted by Crippen LogP contribution is -2.48. The summed E-state index contributed by atoms with van der Waals surface area (Å²) in [5.41, 5.74) is 5.78. The number of likely N-dealkylation sites (tertiary alicyclic amines) is 1. The number of amides is 1. The van der Waals surface area contributed by atoms with Crippen LogP contribution in [0, 0.1) is 5.92 Å². The fourth-order valence-corrected chi connectivity index (χ4v) is 2.11. The van der Waals surface area contributed by atoms with Gasteiger partial charge in [-0.3, -0.25) is 4.79 Å². The van der Waals surface area contributed by atoms with Crippen molar-refractivity contribution >= 4 is 11.9 Å². The van der Waals surface area contributed by atoms with Gasteiger partial charge in [0, 0.05) is 6.54 Å². The van der Waals surface area contributed by atoms with Gasteiger partial charge >= 0.3 is 5.97 Å². The topological polar surface area (TPSA) is 115 Å². The first-order valence-electron chi connectivity index (χ1n) is 5.72. The second kappa shape index (κ2) is 6.56. The van der Waals surface area contributed by atoms with E-state index in [0.29, 0.717) is 25.3 Å². The van der Waals surface area contributed by atoms with E-state index in [-0.39, 0.29) is 11.4 Å². The van der Waals surface area contributed by atoms with Crippen LogP contribution >= 0.6 is 0 Å². The molecule has 0 spiro atoms. The molecule has 17 heavy (non-hydrogen) atoms. The molecule has 5 N–H and O–H groups in total. The van der Waals surface area contributed by atoms with Gasteiger partial charge in [-0.2, -0.15) is 0 Å². The fourth-order valence-electron chi connectivity index (χ4n) is 2.11. The number of nitrogens with two attached hydrogens (primary N) is 1. The number of carbonyl (C=O) groups is 2. The lowest BCUT2D eigenvalue weighted by atomic mass is 10.0. The highest BCUT2D eigenvalue weighted by Crippen LogP contribution is 2.19. The molecular formula is C11H22N2O4. The van der Waals surface area contributed by atoms with Gasteiger partial charge in [0.05, 0.1) is 6.04 Å². The van der Waals surface area contributed by atoms with Crippen molar-refractivity contribution in [3.05, 3.63) is 0 Å². The molecule has 0 unspecified atom stereocenters. The second-order valence-electron chi connectivity index (χ2n) is 4.76. The number of carboxylic acids is 1. The van der Waals surface area contributed by atoms with Crippen molar-refractivity contribution in [1.82, 2.24) is 4.90 Å². The average Bonchev–Trinajstić information content (AvgIpc) is 2.63. The molecule has 0 bridgehead atoms. The first-order chi connectivity index (χ1) is 7.43. The first-order valence-corrected chi connectivity index (χ1v) is 5.72. The Morgan fingerprint density at radius 2 is 2.06 bits per heavy atom. The first kappa shape index (κ1) is 15.9. The van der Waals surface area contributed by atoms with Gasteiger partial charge in [0.25, 0.3) is 0 Å². The van der Waals surface area contributed by atoms with Gasteiger partial charge in [0.1, 0.15) is 6.04 Å². The zero-order valence-corrected chi connectivity index (χ0v) is 10.3. The average molecular weight is 246 g/mol. The SMILES string of the molecule is CC(C)C[C@H](N)C(=O)N1CCC[C@H]1C(=O)O.O. The Labute approximate surface area is 101 Å². The van der Waals surface area contributed by atoms with Crippen LogP contribution in [0.1, 0.15) is 33.1 Å².